The van der Waals surface area contributed by atoms with Gasteiger partial charge in [-0.1, -0.05) is 18.2 Å². The number of piperidine rings is 1. The van der Waals surface area contributed by atoms with E-state index in [0.717, 1.165) is 31.2 Å². The van der Waals surface area contributed by atoms with Gasteiger partial charge in [-0.2, -0.15) is 5.10 Å². The number of aromatic nitrogens is 4. The summed E-state index contributed by atoms with van der Waals surface area (Å²) in [5.74, 6) is 0.606. The van der Waals surface area contributed by atoms with E-state index in [9.17, 15) is 9.18 Å². The first-order valence-corrected chi connectivity index (χ1v) is 12.9. The predicted molar refractivity (Wildman–Crippen MR) is 144 cm³/mol. The largest absolute Gasteiger partial charge is 0.454 e. The molecule has 0 unspecified atom stereocenters. The maximum atomic E-state index is 14.0. The Labute approximate surface area is 224 Å². The van der Waals surface area contributed by atoms with E-state index in [2.05, 4.69) is 14.8 Å². The van der Waals surface area contributed by atoms with Crippen LogP contribution in [0.3, 0.4) is 0 Å². The van der Waals surface area contributed by atoms with E-state index in [-0.39, 0.29) is 23.4 Å². The van der Waals surface area contributed by atoms with Gasteiger partial charge in [0.2, 0.25) is 5.70 Å². The van der Waals surface area contributed by atoms with Crippen LogP contribution in [0.5, 0.6) is 11.5 Å². The van der Waals surface area contributed by atoms with Gasteiger partial charge in [0.1, 0.15) is 23.6 Å². The normalized spacial score (nSPS) is 17.7. The number of carbonyl (C=O) groups is 1. The molecule has 1 amide bonds. The minimum absolute atomic E-state index is 0.134. The smallest absolute Gasteiger partial charge is 0.252 e. The lowest BCUT2D eigenvalue weighted by molar-refractivity contribution is -0.128. The molecule has 4 aromatic rings. The van der Waals surface area contributed by atoms with Crippen LogP contribution in [-0.4, -0.2) is 43.6 Å². The maximum Gasteiger partial charge on any atom is 0.252 e. The van der Waals surface area contributed by atoms with Crippen molar-refractivity contribution in [3.63, 3.8) is 0 Å². The Kier molecular flexibility index (Phi) is 6.40. The number of benzene rings is 2. The Balaban J connectivity index is 1.30. The van der Waals surface area contributed by atoms with E-state index in [1.54, 1.807) is 35.2 Å². The highest BCUT2D eigenvalue weighted by Crippen LogP contribution is 2.36. The number of fused-ring (bicyclic) bond motifs is 1. The molecule has 196 valence electrons. The van der Waals surface area contributed by atoms with E-state index >= 15 is 0 Å². The van der Waals surface area contributed by atoms with Crippen LogP contribution in [0.4, 0.5) is 10.2 Å². The van der Waals surface area contributed by atoms with Crippen LogP contribution >= 0.6 is 0 Å². The monoisotopic (exact) mass is 523 g/mol. The highest BCUT2D eigenvalue weighted by molar-refractivity contribution is 5.98. The summed E-state index contributed by atoms with van der Waals surface area (Å²) in [7, 11) is 0. The number of amides is 1. The van der Waals surface area contributed by atoms with E-state index in [1.165, 1.54) is 12.4 Å². The molecule has 9 nitrogen and oxygen atoms in total. The van der Waals surface area contributed by atoms with Crippen LogP contribution in [0, 0.1) is 18.3 Å². The van der Waals surface area contributed by atoms with Gasteiger partial charge in [-0.15, -0.1) is 0 Å². The Hall–Kier alpha value is -4.78. The zero-order chi connectivity index (χ0) is 26.9. The SMILES string of the molecule is [C-]#[N+]C(=CC1CC1)C(=O)N1CCC[C@@H](n2nc(-c3ccc(Oc4ccccc4F)cc3)c3c(N)ncnc32)C1. The lowest BCUT2D eigenvalue weighted by Crippen LogP contribution is -2.41. The molecule has 2 aromatic carbocycles. The van der Waals surface area contributed by atoms with Gasteiger partial charge >= 0.3 is 0 Å². The summed E-state index contributed by atoms with van der Waals surface area (Å²) >= 11 is 0. The quantitative estimate of drug-likeness (QED) is 0.269. The first-order chi connectivity index (χ1) is 19.0. The molecule has 2 fully saturated rings. The number of hydrogen-bond donors (Lipinski definition) is 1. The summed E-state index contributed by atoms with van der Waals surface area (Å²) in [5, 5.41) is 5.53. The summed E-state index contributed by atoms with van der Waals surface area (Å²) in [6.45, 7) is 8.52. The van der Waals surface area contributed by atoms with E-state index in [1.807, 2.05) is 22.9 Å². The third kappa shape index (κ3) is 4.91. The first kappa shape index (κ1) is 24.6. The summed E-state index contributed by atoms with van der Waals surface area (Å²) < 4.78 is 21.5. The van der Waals surface area contributed by atoms with Crippen molar-refractivity contribution in [3.05, 3.63) is 83.9 Å². The number of nitrogens with two attached hydrogens (primary N) is 1. The van der Waals surface area contributed by atoms with Crippen molar-refractivity contribution in [2.24, 2.45) is 5.92 Å². The van der Waals surface area contributed by atoms with E-state index < -0.39 is 5.82 Å². The average molecular weight is 524 g/mol. The van der Waals surface area contributed by atoms with E-state index in [4.69, 9.17) is 22.1 Å². The molecule has 1 aliphatic carbocycles. The molecular weight excluding hydrogens is 497 g/mol. The topological polar surface area (TPSA) is 104 Å². The molecule has 1 saturated carbocycles. The zero-order valence-corrected chi connectivity index (χ0v) is 21.1. The third-order valence-corrected chi connectivity index (χ3v) is 7.10. The minimum atomic E-state index is -0.442. The Morgan fingerprint density at radius 1 is 1.13 bits per heavy atom. The lowest BCUT2D eigenvalue weighted by atomic mass is 10.1. The number of hydrogen-bond acceptors (Lipinski definition) is 6. The second-order valence-corrected chi connectivity index (χ2v) is 9.86. The molecule has 1 atom stereocenters. The van der Waals surface area contributed by atoms with Crippen molar-refractivity contribution < 1.29 is 13.9 Å². The van der Waals surface area contributed by atoms with Crippen LogP contribution in [0.25, 0.3) is 27.1 Å². The van der Waals surface area contributed by atoms with Crippen molar-refractivity contribution in [2.45, 2.75) is 31.7 Å². The summed E-state index contributed by atoms with van der Waals surface area (Å²) in [6, 6.07) is 13.2. The molecule has 1 aliphatic heterocycles. The van der Waals surface area contributed by atoms with Crippen LogP contribution in [0.15, 0.2) is 66.6 Å². The van der Waals surface area contributed by atoms with Gasteiger partial charge in [-0.05, 0) is 68.0 Å². The van der Waals surface area contributed by atoms with Crippen molar-refractivity contribution in [1.29, 1.82) is 0 Å². The van der Waals surface area contributed by atoms with Crippen molar-refractivity contribution in [3.8, 4) is 22.8 Å². The Bertz CT molecular complexity index is 1620. The van der Waals surface area contributed by atoms with Gasteiger partial charge in [0.25, 0.3) is 5.91 Å². The highest BCUT2D eigenvalue weighted by Gasteiger charge is 2.31. The second-order valence-electron chi connectivity index (χ2n) is 9.86. The molecule has 39 heavy (non-hydrogen) atoms. The average Bonchev–Trinajstić information content (AvgIpc) is 3.70. The maximum absolute atomic E-state index is 14.0. The minimum Gasteiger partial charge on any atom is -0.454 e. The summed E-state index contributed by atoms with van der Waals surface area (Å²) in [4.78, 5) is 27.1. The van der Waals surface area contributed by atoms with Crippen molar-refractivity contribution >= 4 is 22.8 Å². The van der Waals surface area contributed by atoms with Gasteiger partial charge in [-0.25, -0.2) is 23.9 Å². The number of para-hydroxylation sites is 1. The number of allylic oxidation sites excluding steroid dienone is 1. The molecule has 2 N–H and O–H groups in total. The predicted octanol–water partition coefficient (Wildman–Crippen LogP) is 5.38. The molecule has 6 rings (SSSR count). The van der Waals surface area contributed by atoms with Gasteiger partial charge < -0.3 is 15.4 Å². The molecule has 0 radical (unpaired) electrons. The highest BCUT2D eigenvalue weighted by atomic mass is 19.1. The van der Waals surface area contributed by atoms with Gasteiger partial charge in [0.15, 0.2) is 17.2 Å². The van der Waals surface area contributed by atoms with E-state index in [0.29, 0.717) is 47.3 Å². The second kappa shape index (κ2) is 10.2. The van der Waals surface area contributed by atoms with Crippen molar-refractivity contribution in [1.82, 2.24) is 24.6 Å². The summed E-state index contributed by atoms with van der Waals surface area (Å²) in [5.41, 5.74) is 8.46. The number of carbonyl (C=O) groups excluding carboxylic acids is 1. The number of ether oxygens (including phenoxy) is 1. The molecule has 10 heteroatoms. The van der Waals surface area contributed by atoms with Gasteiger partial charge in [0.05, 0.1) is 18.0 Å². The van der Waals surface area contributed by atoms with Crippen LogP contribution in [-0.2, 0) is 4.79 Å². The number of rotatable bonds is 6. The van der Waals surface area contributed by atoms with Gasteiger partial charge in [0, 0.05) is 18.7 Å². The fourth-order valence-corrected chi connectivity index (χ4v) is 4.93. The number of halogens is 1. The first-order valence-electron chi connectivity index (χ1n) is 12.9. The standard InChI is InChI=1S/C29H26FN7O2/c1-32-23(15-18-8-9-18)29(38)36-14-4-5-20(16-36)37-28-25(27(31)33-17-34-28)26(35-37)19-10-12-21(13-11-19)39-24-7-3-2-6-22(24)30/h2-3,6-7,10-13,15,17-18,20H,4-5,8-9,14,16H2,(H2,31,33,34)/t20-/m1/s1. The zero-order valence-electron chi connectivity index (χ0n) is 21.1. The molecular formula is C29H26FN7O2. The Morgan fingerprint density at radius 3 is 2.67 bits per heavy atom. The lowest BCUT2D eigenvalue weighted by Gasteiger charge is -2.33. The van der Waals surface area contributed by atoms with Crippen molar-refractivity contribution in [2.75, 3.05) is 18.8 Å². The number of nitrogens with zero attached hydrogens (tertiary/aromatic N) is 6. The van der Waals surface area contributed by atoms with Crippen LogP contribution < -0.4 is 10.5 Å². The van der Waals surface area contributed by atoms with Crippen LogP contribution in [0.2, 0.25) is 0 Å². The fourth-order valence-electron chi connectivity index (χ4n) is 4.93. The summed E-state index contributed by atoms with van der Waals surface area (Å²) in [6.07, 6.45) is 6.88. The van der Waals surface area contributed by atoms with Crippen LogP contribution in [0.1, 0.15) is 31.7 Å². The number of nitrogen functional groups attached to an aromatic ring is 1. The molecule has 2 aromatic heterocycles. The third-order valence-electron chi connectivity index (χ3n) is 7.10. The van der Waals surface area contributed by atoms with Gasteiger partial charge in [-0.3, -0.25) is 4.79 Å². The fraction of sp³-hybridized carbons (Fsp3) is 0.276. The molecule has 1 saturated heterocycles. The number of likely N-dealkylation sites (tertiary alicyclic amines) is 1. The molecule has 2 aliphatic rings. The molecule has 0 bridgehead atoms. The number of anilines is 1. The Morgan fingerprint density at radius 2 is 1.92 bits per heavy atom. The molecule has 0 spiro atoms. The molecule has 3 heterocycles.